The lowest BCUT2D eigenvalue weighted by atomic mass is 9.91. The third kappa shape index (κ3) is 4.06. The third-order valence-electron chi connectivity index (χ3n) is 5.96. The first-order valence-electron chi connectivity index (χ1n) is 10.1. The third-order valence-corrected chi connectivity index (χ3v) is 5.96. The molecule has 2 aliphatic heterocycles. The van der Waals surface area contributed by atoms with Crippen LogP contribution in [-0.4, -0.2) is 54.2 Å². The number of hydrogen-bond donors (Lipinski definition) is 1. The first-order chi connectivity index (χ1) is 14.0. The fourth-order valence-electron chi connectivity index (χ4n) is 4.12. The molecule has 6 heteroatoms. The van der Waals surface area contributed by atoms with Gasteiger partial charge in [-0.2, -0.15) is 0 Å². The molecule has 4 rings (SSSR count). The van der Waals surface area contributed by atoms with Crippen LogP contribution in [0.4, 0.5) is 9.59 Å². The number of nitrogens with zero attached hydrogens (tertiary/aromatic N) is 2. The predicted octanol–water partition coefficient (Wildman–Crippen LogP) is 4.04. The van der Waals surface area contributed by atoms with Crippen LogP contribution in [0.25, 0.3) is 11.1 Å². The van der Waals surface area contributed by atoms with E-state index in [4.69, 9.17) is 4.74 Å². The predicted molar refractivity (Wildman–Crippen MR) is 111 cm³/mol. The average molecular weight is 393 g/mol. The molecule has 0 saturated carbocycles. The van der Waals surface area contributed by atoms with E-state index in [9.17, 15) is 9.59 Å². The van der Waals surface area contributed by atoms with Gasteiger partial charge < -0.3 is 19.9 Å². The van der Waals surface area contributed by atoms with Gasteiger partial charge in [0.25, 0.3) is 0 Å². The highest BCUT2D eigenvalue weighted by molar-refractivity contribution is 5.75. The lowest BCUT2D eigenvalue weighted by molar-refractivity contribution is 0.00947. The van der Waals surface area contributed by atoms with Crippen LogP contribution in [0, 0.1) is 0 Å². The van der Waals surface area contributed by atoms with Gasteiger partial charge in [-0.25, -0.2) is 9.59 Å². The molecular weight excluding hydrogens is 366 g/mol. The van der Waals surface area contributed by atoms with Crippen LogP contribution in [0.5, 0.6) is 0 Å². The molecule has 6 nitrogen and oxygen atoms in total. The van der Waals surface area contributed by atoms with Crippen LogP contribution in [0.15, 0.2) is 54.6 Å². The number of benzene rings is 2. The highest BCUT2D eigenvalue weighted by Gasteiger charge is 2.46. The number of likely N-dealkylation sites (tertiary alicyclic amines) is 1. The van der Waals surface area contributed by atoms with Gasteiger partial charge in [-0.1, -0.05) is 54.6 Å². The number of carbonyl (C=O) groups is 2. The molecule has 0 aliphatic carbocycles. The van der Waals surface area contributed by atoms with Crippen LogP contribution in [0.1, 0.15) is 31.4 Å². The minimum Gasteiger partial charge on any atom is -0.441 e. The Morgan fingerprint density at radius 1 is 1.03 bits per heavy atom. The van der Waals surface area contributed by atoms with Gasteiger partial charge in [0.1, 0.15) is 5.60 Å². The second-order valence-corrected chi connectivity index (χ2v) is 8.05. The Kier molecular flexibility index (Phi) is 5.18. The number of carbonyl (C=O) groups excluding carboxylic acids is 2. The van der Waals surface area contributed by atoms with Gasteiger partial charge in [0.15, 0.2) is 0 Å². The SMILES string of the molecule is C[C@H](NC(=O)N1CCC2(CC1)CN(C)C(=O)O2)c1ccc(-c2ccccc2)cc1. The summed E-state index contributed by atoms with van der Waals surface area (Å²) in [7, 11) is 1.75. The first-order valence-corrected chi connectivity index (χ1v) is 10.1. The van der Waals surface area contributed by atoms with E-state index in [0.717, 1.165) is 11.1 Å². The van der Waals surface area contributed by atoms with E-state index in [1.807, 2.05) is 30.0 Å². The lowest BCUT2D eigenvalue weighted by Crippen LogP contribution is -2.51. The normalized spacial score (nSPS) is 19.2. The Morgan fingerprint density at radius 3 is 2.24 bits per heavy atom. The first kappa shape index (κ1) is 19.3. The van der Waals surface area contributed by atoms with Crippen molar-refractivity contribution in [2.24, 2.45) is 0 Å². The van der Waals surface area contributed by atoms with Crippen molar-refractivity contribution in [2.75, 3.05) is 26.7 Å². The van der Waals surface area contributed by atoms with Crippen LogP contribution in [-0.2, 0) is 4.74 Å². The van der Waals surface area contributed by atoms with E-state index in [1.54, 1.807) is 11.9 Å². The summed E-state index contributed by atoms with van der Waals surface area (Å²) in [6.07, 6.45) is 1.09. The minimum atomic E-state index is -0.429. The van der Waals surface area contributed by atoms with E-state index in [-0.39, 0.29) is 18.2 Å². The van der Waals surface area contributed by atoms with E-state index >= 15 is 0 Å². The Bertz CT molecular complexity index is 874. The minimum absolute atomic E-state index is 0.0721. The van der Waals surface area contributed by atoms with Gasteiger partial charge in [-0.05, 0) is 23.6 Å². The fraction of sp³-hybridized carbons (Fsp3) is 0.391. The molecule has 1 N–H and O–H groups in total. The van der Waals surface area contributed by atoms with Crippen LogP contribution >= 0.6 is 0 Å². The van der Waals surface area contributed by atoms with Crippen LogP contribution in [0.3, 0.4) is 0 Å². The summed E-state index contributed by atoms with van der Waals surface area (Å²) in [5.41, 5.74) is 2.97. The molecule has 2 aromatic rings. The zero-order valence-electron chi connectivity index (χ0n) is 16.9. The second kappa shape index (κ2) is 7.78. The molecule has 0 bridgehead atoms. The number of nitrogens with one attached hydrogen (secondary N) is 1. The maximum absolute atomic E-state index is 12.7. The van der Waals surface area contributed by atoms with Gasteiger partial charge >= 0.3 is 12.1 Å². The van der Waals surface area contributed by atoms with Gasteiger partial charge in [0, 0.05) is 33.0 Å². The molecule has 1 spiro atoms. The number of ether oxygens (including phenoxy) is 1. The molecule has 3 amide bonds. The maximum Gasteiger partial charge on any atom is 0.410 e. The number of rotatable bonds is 3. The molecule has 2 aliphatic rings. The molecule has 0 radical (unpaired) electrons. The second-order valence-electron chi connectivity index (χ2n) is 8.05. The Labute approximate surface area is 171 Å². The van der Waals surface area contributed by atoms with Crippen molar-refractivity contribution >= 4 is 12.1 Å². The Hall–Kier alpha value is -3.02. The molecular formula is C23H27N3O3. The summed E-state index contributed by atoms with van der Waals surface area (Å²) in [6.45, 7) is 3.78. The molecule has 2 heterocycles. The zero-order chi connectivity index (χ0) is 20.4. The molecule has 0 aromatic heterocycles. The van der Waals surface area contributed by atoms with Crippen molar-refractivity contribution in [3.05, 3.63) is 60.2 Å². The van der Waals surface area contributed by atoms with Crippen molar-refractivity contribution in [3.63, 3.8) is 0 Å². The molecule has 0 unspecified atom stereocenters. The van der Waals surface area contributed by atoms with E-state index in [0.29, 0.717) is 32.5 Å². The summed E-state index contributed by atoms with van der Waals surface area (Å²) in [5, 5.41) is 3.09. The highest BCUT2D eigenvalue weighted by atomic mass is 16.6. The summed E-state index contributed by atoms with van der Waals surface area (Å²) < 4.78 is 5.56. The fourth-order valence-corrected chi connectivity index (χ4v) is 4.12. The van der Waals surface area contributed by atoms with Crippen LogP contribution in [0.2, 0.25) is 0 Å². The van der Waals surface area contributed by atoms with E-state index in [1.165, 1.54) is 5.56 Å². The van der Waals surface area contributed by atoms with E-state index < -0.39 is 5.60 Å². The molecule has 2 aromatic carbocycles. The van der Waals surface area contributed by atoms with Crippen molar-refractivity contribution in [2.45, 2.75) is 31.4 Å². The van der Waals surface area contributed by atoms with Gasteiger partial charge in [0.05, 0.1) is 12.6 Å². The Balaban J connectivity index is 1.32. The van der Waals surface area contributed by atoms with Crippen molar-refractivity contribution < 1.29 is 14.3 Å². The number of amides is 3. The number of hydrogen-bond acceptors (Lipinski definition) is 3. The zero-order valence-corrected chi connectivity index (χ0v) is 16.9. The standard InChI is InChI=1S/C23H27N3O3/c1-17(18-8-10-20(11-9-18)19-6-4-3-5-7-19)24-21(27)26-14-12-23(13-15-26)16-25(2)22(28)29-23/h3-11,17H,12-16H2,1-2H3,(H,24,27)/t17-/m0/s1. The molecule has 1 atom stereocenters. The summed E-state index contributed by atoms with van der Waals surface area (Å²) in [4.78, 5) is 27.8. The largest absolute Gasteiger partial charge is 0.441 e. The smallest absolute Gasteiger partial charge is 0.410 e. The van der Waals surface area contributed by atoms with E-state index in [2.05, 4.69) is 41.7 Å². The monoisotopic (exact) mass is 393 g/mol. The van der Waals surface area contributed by atoms with Gasteiger partial charge in [-0.15, -0.1) is 0 Å². The van der Waals surface area contributed by atoms with Crippen LogP contribution < -0.4 is 5.32 Å². The van der Waals surface area contributed by atoms with Crippen molar-refractivity contribution in [1.29, 1.82) is 0 Å². The number of likely N-dealkylation sites (N-methyl/N-ethyl adjacent to an activating group) is 1. The summed E-state index contributed by atoms with van der Waals surface area (Å²) in [5.74, 6) is 0. The summed E-state index contributed by atoms with van der Waals surface area (Å²) in [6, 6.07) is 18.4. The highest BCUT2D eigenvalue weighted by Crippen LogP contribution is 2.32. The maximum atomic E-state index is 12.7. The molecule has 29 heavy (non-hydrogen) atoms. The summed E-state index contributed by atoms with van der Waals surface area (Å²) >= 11 is 0. The average Bonchev–Trinajstić information content (AvgIpc) is 3.02. The molecule has 152 valence electrons. The van der Waals surface area contributed by atoms with Crippen molar-refractivity contribution in [3.8, 4) is 11.1 Å². The quantitative estimate of drug-likeness (QED) is 0.856. The number of piperidine rings is 1. The van der Waals surface area contributed by atoms with Crippen molar-refractivity contribution in [1.82, 2.24) is 15.1 Å². The molecule has 2 fully saturated rings. The lowest BCUT2D eigenvalue weighted by Gasteiger charge is -2.37. The van der Waals surface area contributed by atoms with Gasteiger partial charge in [-0.3, -0.25) is 0 Å². The van der Waals surface area contributed by atoms with Gasteiger partial charge in [0.2, 0.25) is 0 Å². The Morgan fingerprint density at radius 2 is 1.66 bits per heavy atom. The topological polar surface area (TPSA) is 61.9 Å². The molecule has 2 saturated heterocycles. The number of urea groups is 1.